The van der Waals surface area contributed by atoms with Gasteiger partial charge in [0, 0.05) is 30.2 Å². The molecule has 0 saturated heterocycles. The van der Waals surface area contributed by atoms with Crippen molar-refractivity contribution in [2.24, 2.45) is 7.05 Å². The number of nitrogens with one attached hydrogen (secondary N) is 1. The number of carbonyl (C=O) groups excluding carboxylic acids is 1. The number of benzene rings is 2. The first-order valence-corrected chi connectivity index (χ1v) is 7.70. The highest BCUT2D eigenvalue weighted by Crippen LogP contribution is 2.36. The van der Waals surface area contributed by atoms with E-state index >= 15 is 0 Å². The molecule has 0 bridgehead atoms. The Balaban J connectivity index is 1.99. The summed E-state index contributed by atoms with van der Waals surface area (Å²) in [5.74, 6) is 0.729. The molecule has 1 N–H and O–H groups in total. The second kappa shape index (κ2) is 6.45. The van der Waals surface area contributed by atoms with Crippen LogP contribution < -0.4 is 14.8 Å². The van der Waals surface area contributed by atoms with E-state index in [1.807, 2.05) is 35.9 Å². The Labute approximate surface area is 144 Å². The van der Waals surface area contributed by atoms with Gasteiger partial charge >= 0.3 is 0 Å². The number of methoxy groups -OCH3 is 2. The highest BCUT2D eigenvalue weighted by Gasteiger charge is 2.17. The standard InChI is InChI=1S/C18H17ClN2O3/c1-21-10-12(11-6-4-5-7-15(11)21)18(22)20-14-8-13(19)16(23-2)9-17(14)24-3/h4-10H,1-3H3,(H,20,22). The van der Waals surface area contributed by atoms with E-state index in [-0.39, 0.29) is 5.91 Å². The number of nitrogens with zero attached hydrogens (tertiary/aromatic N) is 1. The maximum Gasteiger partial charge on any atom is 0.257 e. The summed E-state index contributed by atoms with van der Waals surface area (Å²) in [4.78, 5) is 12.7. The van der Waals surface area contributed by atoms with E-state index in [4.69, 9.17) is 21.1 Å². The van der Waals surface area contributed by atoms with E-state index in [1.165, 1.54) is 14.2 Å². The monoisotopic (exact) mass is 344 g/mol. The zero-order valence-corrected chi connectivity index (χ0v) is 14.3. The van der Waals surface area contributed by atoms with E-state index in [2.05, 4.69) is 5.32 Å². The predicted molar refractivity (Wildman–Crippen MR) is 95.4 cm³/mol. The molecule has 0 radical (unpaired) electrons. The molecule has 5 nitrogen and oxygen atoms in total. The molecule has 124 valence electrons. The van der Waals surface area contributed by atoms with Crippen LogP contribution in [-0.2, 0) is 7.05 Å². The molecule has 0 atom stereocenters. The summed E-state index contributed by atoms with van der Waals surface area (Å²) < 4.78 is 12.4. The van der Waals surface area contributed by atoms with E-state index < -0.39 is 0 Å². The van der Waals surface area contributed by atoms with Gasteiger partial charge in [0.15, 0.2) is 0 Å². The minimum absolute atomic E-state index is 0.230. The molecule has 2 aromatic carbocycles. The largest absolute Gasteiger partial charge is 0.495 e. The van der Waals surface area contributed by atoms with Gasteiger partial charge in [0.1, 0.15) is 11.5 Å². The third-order valence-corrected chi connectivity index (χ3v) is 4.16. The summed E-state index contributed by atoms with van der Waals surface area (Å²) in [6.45, 7) is 0. The molecule has 6 heteroatoms. The van der Waals surface area contributed by atoms with Gasteiger partial charge in [0.2, 0.25) is 0 Å². The van der Waals surface area contributed by atoms with Gasteiger partial charge in [-0.25, -0.2) is 0 Å². The molecule has 0 saturated carbocycles. The number of rotatable bonds is 4. The van der Waals surface area contributed by atoms with Crippen molar-refractivity contribution in [3.8, 4) is 11.5 Å². The molecule has 0 aliphatic rings. The fourth-order valence-electron chi connectivity index (χ4n) is 2.67. The Hall–Kier alpha value is -2.66. The van der Waals surface area contributed by atoms with E-state index in [0.717, 1.165) is 10.9 Å². The highest BCUT2D eigenvalue weighted by atomic mass is 35.5. The van der Waals surface area contributed by atoms with Crippen LogP contribution in [0, 0.1) is 0 Å². The molecule has 0 aliphatic heterocycles. The van der Waals surface area contributed by atoms with E-state index in [9.17, 15) is 4.79 Å². The van der Waals surface area contributed by atoms with Crippen LogP contribution in [0.2, 0.25) is 5.02 Å². The summed E-state index contributed by atoms with van der Waals surface area (Å²) in [7, 11) is 4.95. The summed E-state index contributed by atoms with van der Waals surface area (Å²) in [6.07, 6.45) is 1.80. The first-order chi connectivity index (χ1) is 11.5. The van der Waals surface area contributed by atoms with Crippen LogP contribution in [0.4, 0.5) is 5.69 Å². The van der Waals surface area contributed by atoms with Crippen molar-refractivity contribution in [1.29, 1.82) is 0 Å². The van der Waals surface area contributed by atoms with Gasteiger partial charge < -0.3 is 19.4 Å². The molecule has 0 spiro atoms. The first kappa shape index (κ1) is 16.2. The number of fused-ring (bicyclic) bond motifs is 1. The number of ether oxygens (including phenoxy) is 2. The Bertz CT molecular complexity index is 918. The number of hydrogen-bond acceptors (Lipinski definition) is 3. The van der Waals surface area contributed by atoms with E-state index in [1.54, 1.807) is 18.3 Å². The van der Waals surface area contributed by atoms with Gasteiger partial charge in [0.25, 0.3) is 5.91 Å². The molecule has 24 heavy (non-hydrogen) atoms. The first-order valence-electron chi connectivity index (χ1n) is 7.32. The maximum absolute atomic E-state index is 12.7. The number of hydrogen-bond donors (Lipinski definition) is 1. The van der Waals surface area contributed by atoms with Gasteiger partial charge in [-0.3, -0.25) is 4.79 Å². The average molecular weight is 345 g/mol. The van der Waals surface area contributed by atoms with Crippen molar-refractivity contribution in [3.63, 3.8) is 0 Å². The molecular weight excluding hydrogens is 328 g/mol. The molecule has 3 aromatic rings. The second-order valence-corrected chi connectivity index (χ2v) is 5.72. The minimum atomic E-state index is -0.230. The second-order valence-electron chi connectivity index (χ2n) is 5.31. The predicted octanol–water partition coefficient (Wildman–Crippen LogP) is 4.10. The van der Waals surface area contributed by atoms with Crippen LogP contribution >= 0.6 is 11.6 Å². The van der Waals surface area contributed by atoms with Gasteiger partial charge in [-0.2, -0.15) is 0 Å². The summed E-state index contributed by atoms with van der Waals surface area (Å²) in [5.41, 5.74) is 2.06. The molecule has 0 aliphatic carbocycles. The van der Waals surface area contributed by atoms with Gasteiger partial charge in [-0.05, 0) is 12.1 Å². The van der Waals surface area contributed by atoms with Crippen LogP contribution in [0.1, 0.15) is 10.4 Å². The van der Waals surface area contributed by atoms with Crippen molar-refractivity contribution in [2.75, 3.05) is 19.5 Å². The van der Waals surface area contributed by atoms with E-state index in [0.29, 0.717) is 27.8 Å². The Kier molecular flexibility index (Phi) is 4.36. The number of anilines is 1. The Morgan fingerprint density at radius 3 is 2.54 bits per heavy atom. The zero-order valence-electron chi connectivity index (χ0n) is 13.6. The molecule has 0 fully saturated rings. The van der Waals surface area contributed by atoms with Crippen LogP contribution in [0.15, 0.2) is 42.6 Å². The van der Waals surface area contributed by atoms with Gasteiger partial charge in [-0.15, -0.1) is 0 Å². The number of para-hydroxylation sites is 1. The summed E-state index contributed by atoms with van der Waals surface area (Å²) in [6, 6.07) is 11.0. The van der Waals surface area contributed by atoms with Gasteiger partial charge in [-0.1, -0.05) is 29.8 Å². The zero-order chi connectivity index (χ0) is 17.3. The fourth-order valence-corrected chi connectivity index (χ4v) is 2.91. The lowest BCUT2D eigenvalue weighted by atomic mass is 10.1. The maximum atomic E-state index is 12.7. The van der Waals surface area contributed by atoms with Crippen LogP contribution in [-0.4, -0.2) is 24.7 Å². The number of carbonyl (C=O) groups is 1. The van der Waals surface area contributed by atoms with Crippen molar-refractivity contribution in [2.45, 2.75) is 0 Å². The fraction of sp³-hybridized carbons (Fsp3) is 0.167. The lowest BCUT2D eigenvalue weighted by Crippen LogP contribution is -2.12. The molecule has 0 unspecified atom stereocenters. The topological polar surface area (TPSA) is 52.5 Å². The molecule has 1 amide bonds. The lowest BCUT2D eigenvalue weighted by molar-refractivity contribution is 0.102. The molecule has 1 aromatic heterocycles. The van der Waals surface area contributed by atoms with Crippen LogP contribution in [0.3, 0.4) is 0 Å². The number of amides is 1. The van der Waals surface area contributed by atoms with Crippen molar-refractivity contribution in [3.05, 3.63) is 53.2 Å². The third kappa shape index (κ3) is 2.78. The molecule has 3 rings (SSSR count). The summed E-state index contributed by atoms with van der Waals surface area (Å²) in [5, 5.41) is 4.14. The SMILES string of the molecule is COc1cc(OC)c(NC(=O)c2cn(C)c3ccccc23)cc1Cl. The van der Waals surface area contributed by atoms with Crippen LogP contribution in [0.5, 0.6) is 11.5 Å². The summed E-state index contributed by atoms with van der Waals surface area (Å²) >= 11 is 6.15. The van der Waals surface area contributed by atoms with Crippen molar-refractivity contribution >= 4 is 34.1 Å². The number of aromatic nitrogens is 1. The molecule has 1 heterocycles. The highest BCUT2D eigenvalue weighted by molar-refractivity contribution is 6.32. The average Bonchev–Trinajstić information content (AvgIpc) is 2.93. The van der Waals surface area contributed by atoms with Crippen molar-refractivity contribution in [1.82, 2.24) is 4.57 Å². The molecular formula is C18H17ClN2O3. The Morgan fingerprint density at radius 1 is 1.12 bits per heavy atom. The lowest BCUT2D eigenvalue weighted by Gasteiger charge is -2.13. The Morgan fingerprint density at radius 2 is 1.83 bits per heavy atom. The third-order valence-electron chi connectivity index (χ3n) is 3.86. The van der Waals surface area contributed by atoms with Crippen molar-refractivity contribution < 1.29 is 14.3 Å². The number of halogens is 1. The quantitative estimate of drug-likeness (QED) is 0.775. The van der Waals surface area contributed by atoms with Crippen LogP contribution in [0.25, 0.3) is 10.9 Å². The normalized spacial score (nSPS) is 10.7. The minimum Gasteiger partial charge on any atom is -0.495 e. The number of aryl methyl sites for hydroxylation is 1. The smallest absolute Gasteiger partial charge is 0.257 e. The van der Waals surface area contributed by atoms with Gasteiger partial charge in [0.05, 0.1) is 30.5 Å².